The summed E-state index contributed by atoms with van der Waals surface area (Å²) in [6, 6.07) is 5.98. The van der Waals surface area contributed by atoms with Crippen molar-refractivity contribution in [2.75, 3.05) is 13.1 Å². The number of nitrogens with zero attached hydrogens (tertiary/aromatic N) is 1. The fourth-order valence-electron chi connectivity index (χ4n) is 2.78. The Hall–Kier alpha value is -0.290. The highest BCUT2D eigenvalue weighted by molar-refractivity contribution is 9.10. The second-order valence-electron chi connectivity index (χ2n) is 5.47. The molecule has 1 heterocycles. The molecule has 1 aliphatic rings. The van der Waals surface area contributed by atoms with Crippen molar-refractivity contribution in [1.29, 1.82) is 0 Å². The molecule has 0 aliphatic carbocycles. The summed E-state index contributed by atoms with van der Waals surface area (Å²) in [6.07, 6.45) is 2.24. The largest absolute Gasteiger partial charge is 0.340 e. The van der Waals surface area contributed by atoms with E-state index in [2.05, 4.69) is 22.9 Å². The number of hydrogen-bond donors (Lipinski definition) is 1. The smallest absolute Gasteiger partial charge is 0.223 e. The lowest BCUT2D eigenvalue weighted by atomic mass is 10.1. The topological polar surface area (TPSA) is 46.3 Å². The van der Waals surface area contributed by atoms with Gasteiger partial charge in [-0.3, -0.25) is 4.79 Å². The van der Waals surface area contributed by atoms with Gasteiger partial charge in [0, 0.05) is 28.5 Å². The molecule has 118 valence electrons. The highest BCUT2D eigenvalue weighted by atomic mass is 79.9. The number of rotatable bonds is 4. The van der Waals surface area contributed by atoms with Crippen LogP contribution in [0.4, 0.5) is 0 Å². The first kappa shape index (κ1) is 18.8. The first-order valence-electron chi connectivity index (χ1n) is 6.94. The van der Waals surface area contributed by atoms with Crippen LogP contribution >= 0.6 is 39.9 Å². The normalized spacial score (nSPS) is 21.2. The fraction of sp³-hybridized carbons (Fsp3) is 0.533. The van der Waals surface area contributed by atoms with E-state index in [1.165, 1.54) is 0 Å². The highest BCUT2D eigenvalue weighted by Crippen LogP contribution is 2.25. The monoisotopic (exact) mass is 394 g/mol. The van der Waals surface area contributed by atoms with Gasteiger partial charge in [-0.25, -0.2) is 0 Å². The zero-order chi connectivity index (χ0) is 14.7. The molecule has 2 N–H and O–H groups in total. The minimum absolute atomic E-state index is 0. The minimum Gasteiger partial charge on any atom is -0.340 e. The van der Waals surface area contributed by atoms with E-state index in [9.17, 15) is 4.79 Å². The lowest BCUT2D eigenvalue weighted by Gasteiger charge is -2.21. The van der Waals surface area contributed by atoms with Gasteiger partial charge in [0.15, 0.2) is 0 Å². The van der Waals surface area contributed by atoms with Gasteiger partial charge in [-0.05, 0) is 56.0 Å². The van der Waals surface area contributed by atoms with Crippen molar-refractivity contribution < 1.29 is 4.79 Å². The number of hydrogen-bond acceptors (Lipinski definition) is 2. The predicted molar refractivity (Wildman–Crippen MR) is 93.1 cm³/mol. The maximum atomic E-state index is 12.3. The maximum Gasteiger partial charge on any atom is 0.223 e. The van der Waals surface area contributed by atoms with Crippen LogP contribution in [0.5, 0.6) is 0 Å². The summed E-state index contributed by atoms with van der Waals surface area (Å²) in [5.74, 6) is 0.659. The van der Waals surface area contributed by atoms with Crippen molar-refractivity contribution >= 4 is 45.8 Å². The van der Waals surface area contributed by atoms with Crippen molar-refractivity contribution in [2.24, 2.45) is 11.7 Å². The van der Waals surface area contributed by atoms with Gasteiger partial charge in [-0.2, -0.15) is 0 Å². The summed E-state index contributed by atoms with van der Waals surface area (Å²) < 4.78 is 1.00. The molecule has 0 radical (unpaired) electrons. The number of benzene rings is 1. The second-order valence-corrected chi connectivity index (χ2v) is 6.76. The van der Waals surface area contributed by atoms with Gasteiger partial charge in [0.25, 0.3) is 0 Å². The molecule has 1 aromatic carbocycles. The van der Waals surface area contributed by atoms with E-state index in [1.807, 2.05) is 23.1 Å². The van der Waals surface area contributed by atoms with Crippen LogP contribution in [-0.4, -0.2) is 29.9 Å². The summed E-state index contributed by atoms with van der Waals surface area (Å²) >= 11 is 9.49. The van der Waals surface area contributed by atoms with E-state index in [-0.39, 0.29) is 18.3 Å². The number of nitrogens with two attached hydrogens (primary N) is 1. The predicted octanol–water partition coefficient (Wildman–Crippen LogP) is 3.65. The Balaban J connectivity index is 0.00000220. The molecule has 2 unspecified atom stereocenters. The number of carbonyl (C=O) groups is 1. The third kappa shape index (κ3) is 4.85. The number of aryl methyl sites for hydroxylation is 1. The van der Waals surface area contributed by atoms with E-state index in [4.69, 9.17) is 17.3 Å². The highest BCUT2D eigenvalue weighted by Gasteiger charge is 2.31. The fourth-order valence-corrected chi connectivity index (χ4v) is 3.42. The summed E-state index contributed by atoms with van der Waals surface area (Å²) in [5.41, 5.74) is 6.78. The van der Waals surface area contributed by atoms with Crippen molar-refractivity contribution in [3.8, 4) is 0 Å². The van der Waals surface area contributed by atoms with Crippen molar-refractivity contribution in [1.82, 2.24) is 4.90 Å². The summed E-state index contributed by atoms with van der Waals surface area (Å²) in [7, 11) is 0. The molecule has 3 nitrogen and oxygen atoms in total. The summed E-state index contributed by atoms with van der Waals surface area (Å²) in [4.78, 5) is 14.3. The third-order valence-corrected chi connectivity index (χ3v) is 4.94. The molecule has 1 fully saturated rings. The zero-order valence-electron chi connectivity index (χ0n) is 12.0. The Morgan fingerprint density at radius 2 is 2.24 bits per heavy atom. The van der Waals surface area contributed by atoms with Crippen LogP contribution in [0.25, 0.3) is 0 Å². The van der Waals surface area contributed by atoms with Gasteiger partial charge in [-0.15, -0.1) is 12.4 Å². The molecular formula is C15H21BrCl2N2O. The van der Waals surface area contributed by atoms with Crippen molar-refractivity contribution in [3.63, 3.8) is 0 Å². The molecule has 0 spiro atoms. The van der Waals surface area contributed by atoms with Crippen LogP contribution in [-0.2, 0) is 11.2 Å². The Bertz CT molecular complexity index is 499. The van der Waals surface area contributed by atoms with Crippen LogP contribution < -0.4 is 5.73 Å². The van der Waals surface area contributed by atoms with Gasteiger partial charge >= 0.3 is 0 Å². The van der Waals surface area contributed by atoms with Gasteiger partial charge in [0.05, 0.1) is 0 Å². The van der Waals surface area contributed by atoms with E-state index in [0.29, 0.717) is 36.4 Å². The van der Waals surface area contributed by atoms with E-state index >= 15 is 0 Å². The van der Waals surface area contributed by atoms with Gasteiger partial charge in [0.1, 0.15) is 0 Å². The molecule has 2 rings (SSSR count). The molecule has 1 aromatic rings. The van der Waals surface area contributed by atoms with Gasteiger partial charge in [0.2, 0.25) is 5.91 Å². The SMILES string of the molecule is CC1CC(CN)CN1C(=O)CCc1cc(Cl)ccc1Br.Cl. The average molecular weight is 396 g/mol. The molecule has 2 atom stereocenters. The number of carbonyl (C=O) groups excluding carboxylic acids is 1. The number of amides is 1. The Morgan fingerprint density at radius 3 is 2.86 bits per heavy atom. The molecule has 1 amide bonds. The molecule has 21 heavy (non-hydrogen) atoms. The number of likely N-dealkylation sites (tertiary alicyclic amines) is 1. The lowest BCUT2D eigenvalue weighted by molar-refractivity contribution is -0.131. The molecular weight excluding hydrogens is 375 g/mol. The van der Waals surface area contributed by atoms with Crippen molar-refractivity contribution in [3.05, 3.63) is 33.3 Å². The standard InChI is InChI=1S/C15H20BrClN2O.ClH/c1-10-6-11(8-18)9-19(10)15(20)5-2-12-7-13(17)3-4-14(12)16;/h3-4,7,10-11H,2,5-6,8-9,18H2,1H3;1H. The molecule has 0 bridgehead atoms. The van der Waals surface area contributed by atoms with Gasteiger partial charge in [-0.1, -0.05) is 27.5 Å². The Morgan fingerprint density at radius 1 is 1.52 bits per heavy atom. The van der Waals surface area contributed by atoms with E-state index in [1.54, 1.807) is 0 Å². The van der Waals surface area contributed by atoms with Crippen molar-refractivity contribution in [2.45, 2.75) is 32.2 Å². The van der Waals surface area contributed by atoms with Crippen LogP contribution in [0.3, 0.4) is 0 Å². The Kier molecular flexibility index (Phi) is 7.48. The molecule has 0 aromatic heterocycles. The summed E-state index contributed by atoms with van der Waals surface area (Å²) in [5, 5.41) is 0.702. The zero-order valence-corrected chi connectivity index (χ0v) is 15.2. The van der Waals surface area contributed by atoms with Gasteiger partial charge < -0.3 is 10.6 Å². The molecule has 6 heteroatoms. The summed E-state index contributed by atoms with van der Waals surface area (Å²) in [6.45, 7) is 3.56. The number of halogens is 3. The van der Waals surface area contributed by atoms with Crippen LogP contribution in [0.1, 0.15) is 25.3 Å². The molecule has 1 aliphatic heterocycles. The van der Waals surface area contributed by atoms with E-state index in [0.717, 1.165) is 23.0 Å². The second kappa shape index (κ2) is 8.37. The first-order valence-corrected chi connectivity index (χ1v) is 8.11. The van der Waals surface area contributed by atoms with Crippen LogP contribution in [0, 0.1) is 5.92 Å². The van der Waals surface area contributed by atoms with E-state index < -0.39 is 0 Å². The Labute approximate surface area is 145 Å². The molecule has 0 saturated carbocycles. The minimum atomic E-state index is 0. The quantitative estimate of drug-likeness (QED) is 0.845. The lowest BCUT2D eigenvalue weighted by Crippen LogP contribution is -2.34. The maximum absolute atomic E-state index is 12.3. The van der Waals surface area contributed by atoms with Crippen LogP contribution in [0.2, 0.25) is 5.02 Å². The first-order chi connectivity index (χ1) is 9.51. The third-order valence-electron chi connectivity index (χ3n) is 3.93. The average Bonchev–Trinajstić information content (AvgIpc) is 2.81. The molecule has 1 saturated heterocycles. The van der Waals surface area contributed by atoms with Crippen LogP contribution in [0.15, 0.2) is 22.7 Å².